The van der Waals surface area contributed by atoms with Crippen molar-refractivity contribution in [1.29, 1.82) is 0 Å². The second kappa shape index (κ2) is 4.72. The first-order valence-corrected chi connectivity index (χ1v) is 6.22. The van der Waals surface area contributed by atoms with Crippen LogP contribution in [0.15, 0.2) is 22.7 Å². The van der Waals surface area contributed by atoms with E-state index in [1.807, 2.05) is 25.1 Å². The molecule has 0 aliphatic carbocycles. The number of aromatic nitrogens is 2. The number of nitrogens with one attached hydrogen (secondary N) is 2. The molecule has 98 valence electrons. The fourth-order valence-corrected chi connectivity index (χ4v) is 2.01. The zero-order valence-corrected chi connectivity index (χ0v) is 10.6. The summed E-state index contributed by atoms with van der Waals surface area (Å²) >= 11 is 0. The van der Waals surface area contributed by atoms with E-state index >= 15 is 0 Å². The smallest absolute Gasteiger partial charge is 0.251 e. The Morgan fingerprint density at radius 3 is 3.16 bits per heavy atom. The molecule has 2 N–H and O–H groups in total. The molecule has 1 aromatic heterocycles. The zero-order valence-electron chi connectivity index (χ0n) is 10.6. The van der Waals surface area contributed by atoms with Gasteiger partial charge in [-0.2, -0.15) is 4.98 Å². The van der Waals surface area contributed by atoms with Gasteiger partial charge in [0.15, 0.2) is 5.82 Å². The summed E-state index contributed by atoms with van der Waals surface area (Å²) in [7, 11) is 0. The Morgan fingerprint density at radius 1 is 1.47 bits per heavy atom. The van der Waals surface area contributed by atoms with Gasteiger partial charge in [0.1, 0.15) is 0 Å². The van der Waals surface area contributed by atoms with E-state index in [4.69, 9.17) is 4.52 Å². The number of amides is 1. The first kappa shape index (κ1) is 11.7. The third kappa shape index (κ3) is 2.29. The lowest BCUT2D eigenvalue weighted by molar-refractivity contribution is 0.0966. The van der Waals surface area contributed by atoms with Gasteiger partial charge in [0.25, 0.3) is 5.91 Å². The second-order valence-corrected chi connectivity index (χ2v) is 4.37. The summed E-state index contributed by atoms with van der Waals surface area (Å²) < 4.78 is 5.03. The summed E-state index contributed by atoms with van der Waals surface area (Å²) in [6.07, 6.45) is 0.728. The van der Waals surface area contributed by atoms with Crippen molar-refractivity contribution < 1.29 is 9.32 Å². The van der Waals surface area contributed by atoms with Crippen LogP contribution in [-0.2, 0) is 19.5 Å². The molecule has 1 aliphatic rings. The van der Waals surface area contributed by atoms with Crippen LogP contribution < -0.4 is 10.6 Å². The lowest BCUT2D eigenvalue weighted by Gasteiger charge is -2.04. The highest BCUT2D eigenvalue weighted by atomic mass is 16.5. The highest BCUT2D eigenvalue weighted by Gasteiger charge is 2.18. The van der Waals surface area contributed by atoms with Crippen molar-refractivity contribution in [3.05, 3.63) is 41.0 Å². The first-order chi connectivity index (χ1) is 9.26. The molecule has 0 unspecified atom stereocenters. The van der Waals surface area contributed by atoms with Gasteiger partial charge in [-0.05, 0) is 17.7 Å². The molecule has 1 aliphatic heterocycles. The van der Waals surface area contributed by atoms with Gasteiger partial charge >= 0.3 is 0 Å². The molecular weight excluding hydrogens is 244 g/mol. The largest absolute Gasteiger partial charge is 0.378 e. The Labute approximate surface area is 110 Å². The SMILES string of the molecule is CCc1nc(CNc2ccc3c(c2)C(=O)NC3)no1. The van der Waals surface area contributed by atoms with E-state index in [9.17, 15) is 4.79 Å². The van der Waals surface area contributed by atoms with E-state index in [-0.39, 0.29) is 5.91 Å². The molecule has 6 heteroatoms. The van der Waals surface area contributed by atoms with Crippen LogP contribution in [0.1, 0.15) is 34.6 Å². The summed E-state index contributed by atoms with van der Waals surface area (Å²) in [4.78, 5) is 15.8. The number of anilines is 1. The van der Waals surface area contributed by atoms with E-state index in [1.54, 1.807) is 0 Å². The van der Waals surface area contributed by atoms with Crippen molar-refractivity contribution in [3.8, 4) is 0 Å². The molecule has 0 saturated heterocycles. The number of rotatable bonds is 4. The molecule has 19 heavy (non-hydrogen) atoms. The van der Waals surface area contributed by atoms with Gasteiger partial charge in [-0.15, -0.1) is 0 Å². The maximum absolute atomic E-state index is 11.6. The van der Waals surface area contributed by atoms with E-state index in [0.717, 1.165) is 23.2 Å². The number of carbonyl (C=O) groups is 1. The summed E-state index contributed by atoms with van der Waals surface area (Å²) in [5, 5.41) is 9.84. The third-order valence-corrected chi connectivity index (χ3v) is 3.06. The van der Waals surface area contributed by atoms with Gasteiger partial charge < -0.3 is 15.2 Å². The Morgan fingerprint density at radius 2 is 2.37 bits per heavy atom. The molecule has 0 radical (unpaired) electrons. The lowest BCUT2D eigenvalue weighted by Crippen LogP contribution is -2.12. The van der Waals surface area contributed by atoms with Gasteiger partial charge in [-0.25, -0.2) is 0 Å². The highest BCUT2D eigenvalue weighted by Crippen LogP contribution is 2.20. The summed E-state index contributed by atoms with van der Waals surface area (Å²) in [5.41, 5.74) is 2.63. The van der Waals surface area contributed by atoms with E-state index in [1.165, 1.54) is 0 Å². The maximum Gasteiger partial charge on any atom is 0.251 e. The monoisotopic (exact) mass is 258 g/mol. The van der Waals surface area contributed by atoms with E-state index < -0.39 is 0 Å². The van der Waals surface area contributed by atoms with Crippen molar-refractivity contribution in [3.63, 3.8) is 0 Å². The van der Waals surface area contributed by atoms with Crippen molar-refractivity contribution >= 4 is 11.6 Å². The number of hydrogen-bond acceptors (Lipinski definition) is 5. The van der Waals surface area contributed by atoms with Crippen LogP contribution in [0.2, 0.25) is 0 Å². The normalized spacial score (nSPS) is 13.2. The number of hydrogen-bond donors (Lipinski definition) is 2. The summed E-state index contributed by atoms with van der Waals surface area (Å²) in [6, 6.07) is 5.74. The summed E-state index contributed by atoms with van der Waals surface area (Å²) in [5.74, 6) is 1.22. The molecule has 3 rings (SSSR count). The molecule has 1 amide bonds. The van der Waals surface area contributed by atoms with Gasteiger partial charge in [-0.3, -0.25) is 4.79 Å². The molecule has 0 spiro atoms. The number of fused-ring (bicyclic) bond motifs is 1. The average molecular weight is 258 g/mol. The fourth-order valence-electron chi connectivity index (χ4n) is 2.01. The zero-order chi connectivity index (χ0) is 13.2. The molecule has 0 saturated carbocycles. The molecule has 0 bridgehead atoms. The quantitative estimate of drug-likeness (QED) is 0.868. The minimum absolute atomic E-state index is 0.0218. The number of nitrogens with zero attached hydrogens (tertiary/aromatic N) is 2. The predicted octanol–water partition coefficient (Wildman–Crippen LogP) is 1.49. The second-order valence-electron chi connectivity index (χ2n) is 4.37. The van der Waals surface area contributed by atoms with Crippen LogP contribution in [0.5, 0.6) is 0 Å². The van der Waals surface area contributed by atoms with Crippen LogP contribution in [0.3, 0.4) is 0 Å². The molecule has 0 atom stereocenters. The Bertz CT molecular complexity index is 621. The van der Waals surface area contributed by atoms with Gasteiger partial charge in [0.2, 0.25) is 5.89 Å². The topological polar surface area (TPSA) is 80.0 Å². The number of aryl methyl sites for hydroxylation is 1. The van der Waals surface area contributed by atoms with E-state index in [2.05, 4.69) is 20.8 Å². The van der Waals surface area contributed by atoms with Crippen LogP contribution in [-0.4, -0.2) is 16.0 Å². The Balaban J connectivity index is 1.70. The fraction of sp³-hybridized carbons (Fsp3) is 0.308. The van der Waals surface area contributed by atoms with Crippen molar-refractivity contribution in [2.24, 2.45) is 0 Å². The summed E-state index contributed by atoms with van der Waals surface area (Å²) in [6.45, 7) is 3.05. The van der Waals surface area contributed by atoms with Crippen molar-refractivity contribution in [2.45, 2.75) is 26.4 Å². The van der Waals surface area contributed by atoms with Crippen LogP contribution in [0.4, 0.5) is 5.69 Å². The van der Waals surface area contributed by atoms with Crippen LogP contribution in [0.25, 0.3) is 0 Å². The molecule has 0 fully saturated rings. The van der Waals surface area contributed by atoms with Crippen LogP contribution >= 0.6 is 0 Å². The lowest BCUT2D eigenvalue weighted by atomic mass is 10.1. The Kier molecular flexibility index (Phi) is 2.91. The molecular formula is C13H14N4O2. The molecule has 2 heterocycles. The van der Waals surface area contributed by atoms with Gasteiger partial charge in [-0.1, -0.05) is 18.1 Å². The van der Waals surface area contributed by atoms with Gasteiger partial charge in [0, 0.05) is 24.2 Å². The van der Waals surface area contributed by atoms with Crippen molar-refractivity contribution in [1.82, 2.24) is 15.5 Å². The van der Waals surface area contributed by atoms with Gasteiger partial charge in [0.05, 0.1) is 6.54 Å². The van der Waals surface area contributed by atoms with E-state index in [0.29, 0.717) is 24.8 Å². The highest BCUT2D eigenvalue weighted by molar-refractivity contribution is 5.99. The number of benzene rings is 1. The van der Waals surface area contributed by atoms with Crippen molar-refractivity contribution in [2.75, 3.05) is 5.32 Å². The molecule has 2 aromatic rings. The molecule has 1 aromatic carbocycles. The predicted molar refractivity (Wildman–Crippen MR) is 68.6 cm³/mol. The minimum Gasteiger partial charge on any atom is -0.378 e. The third-order valence-electron chi connectivity index (χ3n) is 3.06. The standard InChI is InChI=1S/C13H14N4O2/c1-2-12-16-11(17-19-12)7-14-9-4-3-8-6-15-13(18)10(8)5-9/h3-5,14H,2,6-7H2,1H3,(H,15,18). The molecule has 6 nitrogen and oxygen atoms in total. The first-order valence-electron chi connectivity index (χ1n) is 6.22. The minimum atomic E-state index is -0.0218. The van der Waals surface area contributed by atoms with Crippen LogP contribution in [0, 0.1) is 0 Å². The Hall–Kier alpha value is -2.37. The maximum atomic E-state index is 11.6. The number of carbonyl (C=O) groups excluding carboxylic acids is 1. The average Bonchev–Trinajstić information content (AvgIpc) is 3.04.